The summed E-state index contributed by atoms with van der Waals surface area (Å²) in [5.74, 6) is -1.76. The average molecular weight is 352 g/mol. The normalized spacial score (nSPS) is 10.3. The second-order valence-electron chi connectivity index (χ2n) is 4.94. The summed E-state index contributed by atoms with van der Waals surface area (Å²) < 4.78 is 19.1. The van der Waals surface area contributed by atoms with Crippen molar-refractivity contribution in [3.05, 3.63) is 58.4 Å². The molecule has 24 heavy (non-hydrogen) atoms. The highest BCUT2D eigenvalue weighted by Gasteiger charge is 2.14. The number of nitrogens with one attached hydrogen (secondary N) is 1. The third-order valence-electron chi connectivity index (χ3n) is 3.23. The van der Waals surface area contributed by atoms with Gasteiger partial charge in [0.15, 0.2) is 0 Å². The van der Waals surface area contributed by atoms with Crippen molar-refractivity contribution in [1.82, 2.24) is 0 Å². The molecule has 0 bridgehead atoms. The van der Waals surface area contributed by atoms with E-state index >= 15 is 0 Å². The molecule has 1 amide bonds. The number of carbonyl (C=O) groups excluding carboxylic acids is 1. The van der Waals surface area contributed by atoms with Crippen molar-refractivity contribution in [2.75, 3.05) is 5.32 Å². The molecule has 7 heteroatoms. The number of ether oxygens (including phenoxy) is 1. The summed E-state index contributed by atoms with van der Waals surface area (Å²) in [5, 5.41) is 12.0. The van der Waals surface area contributed by atoms with E-state index in [1.807, 2.05) is 0 Å². The molecule has 0 saturated carbocycles. The van der Waals surface area contributed by atoms with Crippen LogP contribution in [0.3, 0.4) is 0 Å². The number of carbonyl (C=O) groups is 2. The van der Waals surface area contributed by atoms with Crippen LogP contribution in [0, 0.1) is 5.82 Å². The molecule has 0 aliphatic carbocycles. The smallest absolute Gasteiger partial charge is 0.337 e. The molecule has 0 aliphatic rings. The number of hydrogen-bond donors (Lipinski definition) is 2. The van der Waals surface area contributed by atoms with Gasteiger partial charge in [0.05, 0.1) is 11.3 Å². The number of carboxylic acids is 1. The third-order valence-corrected chi connectivity index (χ3v) is 3.46. The minimum absolute atomic E-state index is 0.0806. The topological polar surface area (TPSA) is 75.6 Å². The molecule has 0 saturated heterocycles. The van der Waals surface area contributed by atoms with E-state index in [4.69, 9.17) is 16.3 Å². The van der Waals surface area contributed by atoms with E-state index in [0.29, 0.717) is 5.56 Å². The fourth-order valence-electron chi connectivity index (χ4n) is 1.94. The zero-order valence-corrected chi connectivity index (χ0v) is 13.6. The molecule has 2 aromatic carbocycles. The van der Waals surface area contributed by atoms with Crippen LogP contribution in [0.5, 0.6) is 5.75 Å². The van der Waals surface area contributed by atoms with Gasteiger partial charge >= 0.3 is 5.97 Å². The lowest BCUT2D eigenvalue weighted by molar-refractivity contribution is -0.115. The molecule has 5 nitrogen and oxygen atoms in total. The van der Waals surface area contributed by atoms with Crippen LogP contribution in [-0.2, 0) is 11.4 Å². The van der Waals surface area contributed by atoms with Crippen molar-refractivity contribution in [1.29, 1.82) is 0 Å². The zero-order chi connectivity index (χ0) is 17.7. The van der Waals surface area contributed by atoms with Crippen LogP contribution in [0.25, 0.3) is 0 Å². The molecule has 0 fully saturated rings. The lowest BCUT2D eigenvalue weighted by Gasteiger charge is -2.11. The standard InChI is InChI=1S/C17H15ClFNO4/c1-2-16(21)20-15-6-5-12(8-13(15)17(22)23)24-9-10-3-4-11(18)7-14(10)19/h3-8H,2,9H2,1H3,(H,20,21)(H,22,23). The predicted octanol–water partition coefficient (Wildman–Crippen LogP) is 4.10. The number of carboxylic acid groups (broad SMARTS) is 1. The Morgan fingerprint density at radius 2 is 2.00 bits per heavy atom. The Morgan fingerprint density at radius 1 is 1.25 bits per heavy atom. The Hall–Kier alpha value is -2.60. The molecular weight excluding hydrogens is 337 g/mol. The van der Waals surface area contributed by atoms with Crippen LogP contribution in [0.1, 0.15) is 29.3 Å². The first-order chi connectivity index (χ1) is 11.4. The van der Waals surface area contributed by atoms with E-state index in [0.717, 1.165) is 0 Å². The zero-order valence-electron chi connectivity index (χ0n) is 12.8. The lowest BCUT2D eigenvalue weighted by Crippen LogP contribution is -2.13. The van der Waals surface area contributed by atoms with Gasteiger partial charge in [0.25, 0.3) is 0 Å². The molecule has 2 rings (SSSR count). The van der Waals surface area contributed by atoms with Crippen LogP contribution in [0.4, 0.5) is 10.1 Å². The maximum Gasteiger partial charge on any atom is 0.337 e. The monoisotopic (exact) mass is 351 g/mol. The molecular formula is C17H15ClFNO4. The third kappa shape index (κ3) is 4.45. The second kappa shape index (κ2) is 7.79. The van der Waals surface area contributed by atoms with Gasteiger partial charge < -0.3 is 15.2 Å². The van der Waals surface area contributed by atoms with Gasteiger partial charge in [-0.05, 0) is 30.3 Å². The number of rotatable bonds is 6. The summed E-state index contributed by atoms with van der Waals surface area (Å²) in [6.07, 6.45) is 0.229. The largest absolute Gasteiger partial charge is 0.489 e. The Kier molecular flexibility index (Phi) is 5.76. The number of halogens is 2. The summed E-state index contributed by atoms with van der Waals surface area (Å²) in [5.41, 5.74) is 0.366. The molecule has 0 heterocycles. The van der Waals surface area contributed by atoms with E-state index in [1.165, 1.54) is 36.4 Å². The van der Waals surface area contributed by atoms with E-state index in [9.17, 15) is 19.1 Å². The number of aromatic carboxylic acids is 1. The number of anilines is 1. The van der Waals surface area contributed by atoms with Gasteiger partial charge in [0, 0.05) is 17.0 Å². The van der Waals surface area contributed by atoms with E-state index in [1.54, 1.807) is 6.92 Å². The maximum absolute atomic E-state index is 13.7. The SMILES string of the molecule is CCC(=O)Nc1ccc(OCc2ccc(Cl)cc2F)cc1C(=O)O. The van der Waals surface area contributed by atoms with Gasteiger partial charge in [-0.2, -0.15) is 0 Å². The van der Waals surface area contributed by atoms with Crippen molar-refractivity contribution in [3.8, 4) is 5.75 Å². The molecule has 0 spiro atoms. The Balaban J connectivity index is 2.17. The van der Waals surface area contributed by atoms with Crippen molar-refractivity contribution < 1.29 is 23.8 Å². The number of amides is 1. The van der Waals surface area contributed by atoms with E-state index in [2.05, 4.69) is 5.32 Å². The van der Waals surface area contributed by atoms with Crippen LogP contribution < -0.4 is 10.1 Å². The number of hydrogen-bond acceptors (Lipinski definition) is 3. The molecule has 0 atom stereocenters. The predicted molar refractivity (Wildman–Crippen MR) is 88.1 cm³/mol. The quantitative estimate of drug-likeness (QED) is 0.821. The van der Waals surface area contributed by atoms with Crippen molar-refractivity contribution in [3.63, 3.8) is 0 Å². The highest BCUT2D eigenvalue weighted by Crippen LogP contribution is 2.24. The van der Waals surface area contributed by atoms with Crippen LogP contribution >= 0.6 is 11.6 Å². The molecule has 126 valence electrons. The fraction of sp³-hybridized carbons (Fsp3) is 0.176. The van der Waals surface area contributed by atoms with Crippen LogP contribution in [0.15, 0.2) is 36.4 Å². The maximum atomic E-state index is 13.7. The van der Waals surface area contributed by atoms with Crippen molar-refractivity contribution in [2.45, 2.75) is 20.0 Å². The lowest BCUT2D eigenvalue weighted by atomic mass is 10.1. The van der Waals surface area contributed by atoms with Crippen LogP contribution in [0.2, 0.25) is 5.02 Å². The molecule has 2 aromatic rings. The highest BCUT2D eigenvalue weighted by atomic mass is 35.5. The van der Waals surface area contributed by atoms with Gasteiger partial charge in [-0.3, -0.25) is 4.79 Å². The minimum Gasteiger partial charge on any atom is -0.489 e. The molecule has 2 N–H and O–H groups in total. The molecule has 0 unspecified atom stereocenters. The minimum atomic E-state index is -1.20. The molecule has 0 aliphatic heterocycles. The van der Waals surface area contributed by atoms with Crippen LogP contribution in [-0.4, -0.2) is 17.0 Å². The number of benzene rings is 2. The summed E-state index contributed by atoms with van der Waals surface area (Å²) in [4.78, 5) is 22.8. The van der Waals surface area contributed by atoms with Gasteiger partial charge in [0.2, 0.25) is 5.91 Å². The first-order valence-electron chi connectivity index (χ1n) is 7.14. The highest BCUT2D eigenvalue weighted by molar-refractivity contribution is 6.30. The first-order valence-corrected chi connectivity index (χ1v) is 7.52. The summed E-state index contributed by atoms with van der Waals surface area (Å²) >= 11 is 5.68. The Morgan fingerprint density at radius 3 is 2.62 bits per heavy atom. The average Bonchev–Trinajstić information content (AvgIpc) is 2.54. The van der Waals surface area contributed by atoms with Crippen molar-refractivity contribution in [2.24, 2.45) is 0 Å². The molecule has 0 radical (unpaired) electrons. The van der Waals surface area contributed by atoms with E-state index in [-0.39, 0.29) is 41.0 Å². The fourth-order valence-corrected chi connectivity index (χ4v) is 2.10. The van der Waals surface area contributed by atoms with Gasteiger partial charge in [0.1, 0.15) is 18.2 Å². The van der Waals surface area contributed by atoms with Gasteiger partial charge in [-0.25, -0.2) is 9.18 Å². The summed E-state index contributed by atoms with van der Waals surface area (Å²) in [6.45, 7) is 1.58. The Labute approximate surface area is 143 Å². The van der Waals surface area contributed by atoms with Crippen molar-refractivity contribution >= 4 is 29.2 Å². The van der Waals surface area contributed by atoms with E-state index < -0.39 is 11.8 Å². The second-order valence-corrected chi connectivity index (χ2v) is 5.38. The summed E-state index contributed by atoms with van der Waals surface area (Å²) in [6, 6.07) is 8.42. The first kappa shape index (κ1) is 17.7. The van der Waals surface area contributed by atoms with Gasteiger partial charge in [-0.15, -0.1) is 0 Å². The summed E-state index contributed by atoms with van der Waals surface area (Å²) in [7, 11) is 0. The Bertz CT molecular complexity index is 779. The molecule has 0 aromatic heterocycles. The van der Waals surface area contributed by atoms with Gasteiger partial charge in [-0.1, -0.05) is 24.6 Å².